The Balaban J connectivity index is 1.85. The third-order valence-electron chi connectivity index (χ3n) is 2.75. The van der Waals surface area contributed by atoms with Crippen molar-refractivity contribution in [1.82, 2.24) is 15.0 Å². The van der Waals surface area contributed by atoms with Crippen LogP contribution in [0.3, 0.4) is 0 Å². The lowest BCUT2D eigenvalue weighted by Crippen LogP contribution is -1.93. The van der Waals surface area contributed by atoms with Crippen LogP contribution in [0.4, 0.5) is 9.52 Å². The van der Waals surface area contributed by atoms with Gasteiger partial charge in [-0.15, -0.1) is 0 Å². The second-order valence-electron chi connectivity index (χ2n) is 4.21. The van der Waals surface area contributed by atoms with E-state index >= 15 is 0 Å². The number of thioether (sulfide) groups is 1. The van der Waals surface area contributed by atoms with Gasteiger partial charge in [0.05, 0.1) is 10.9 Å². The zero-order chi connectivity index (χ0) is 14.1. The molecule has 20 heavy (non-hydrogen) atoms. The van der Waals surface area contributed by atoms with Gasteiger partial charge in [0.25, 0.3) is 0 Å². The summed E-state index contributed by atoms with van der Waals surface area (Å²) in [7, 11) is 0. The number of benzene rings is 1. The number of hydrogen-bond donors (Lipinski definition) is 1. The number of rotatable bonds is 3. The Morgan fingerprint density at radius 1 is 1.35 bits per heavy atom. The Labute approximate surface area is 123 Å². The molecule has 2 aromatic heterocycles. The van der Waals surface area contributed by atoms with Crippen molar-refractivity contribution >= 4 is 38.6 Å². The summed E-state index contributed by atoms with van der Waals surface area (Å²) < 4.78 is 14.1. The highest BCUT2D eigenvalue weighted by molar-refractivity contribution is 7.99. The Hall–Kier alpha value is -1.73. The fraction of sp³-hybridized carbons (Fsp3) is 0.154. The van der Waals surface area contributed by atoms with Crippen LogP contribution in [0.5, 0.6) is 0 Å². The molecule has 2 heterocycles. The van der Waals surface area contributed by atoms with E-state index in [1.807, 2.05) is 13.0 Å². The van der Waals surface area contributed by atoms with Gasteiger partial charge in [0, 0.05) is 5.25 Å². The Morgan fingerprint density at radius 2 is 2.20 bits per heavy atom. The summed E-state index contributed by atoms with van der Waals surface area (Å²) in [5.74, 6) is -0.237. The van der Waals surface area contributed by atoms with Crippen molar-refractivity contribution in [1.29, 1.82) is 0 Å². The van der Waals surface area contributed by atoms with E-state index in [-0.39, 0.29) is 11.1 Å². The molecule has 2 N–H and O–H groups in total. The van der Waals surface area contributed by atoms with Gasteiger partial charge in [-0.25, -0.2) is 19.3 Å². The smallest absolute Gasteiger partial charge is 0.190 e. The molecule has 0 spiro atoms. The van der Waals surface area contributed by atoms with Crippen molar-refractivity contribution in [2.24, 2.45) is 0 Å². The lowest BCUT2D eigenvalue weighted by Gasteiger charge is -2.10. The highest BCUT2D eigenvalue weighted by atomic mass is 32.2. The highest BCUT2D eigenvalue weighted by Crippen LogP contribution is 2.34. The minimum atomic E-state index is -0.237. The minimum absolute atomic E-state index is 0.0548. The minimum Gasteiger partial charge on any atom is -0.375 e. The van der Waals surface area contributed by atoms with Gasteiger partial charge in [-0.2, -0.15) is 0 Å². The number of fused-ring (bicyclic) bond motifs is 1. The Kier molecular flexibility index (Phi) is 3.54. The molecular formula is C13H11FN4S2. The molecule has 3 rings (SSSR count). The standard InChI is InChI=1S/C13H11FN4S2/c1-7(8-3-2-4-9(14)5-8)19-13-16-6-10-11(18-13)17-12(15)20-10/h2-7H,1H3,(H2,15,16,17,18)/t7-/m0/s1. The van der Waals surface area contributed by atoms with Crippen LogP contribution in [-0.4, -0.2) is 15.0 Å². The highest BCUT2D eigenvalue weighted by Gasteiger charge is 2.12. The van der Waals surface area contributed by atoms with Crippen molar-refractivity contribution in [2.75, 3.05) is 5.73 Å². The maximum absolute atomic E-state index is 13.2. The molecule has 0 fully saturated rings. The van der Waals surface area contributed by atoms with Gasteiger partial charge in [-0.1, -0.05) is 35.2 Å². The molecule has 0 aliphatic carbocycles. The maximum Gasteiger partial charge on any atom is 0.190 e. The second-order valence-corrected chi connectivity index (χ2v) is 6.58. The molecule has 0 saturated heterocycles. The number of hydrogen-bond acceptors (Lipinski definition) is 6. The van der Waals surface area contributed by atoms with Crippen LogP contribution in [0.15, 0.2) is 35.6 Å². The van der Waals surface area contributed by atoms with Gasteiger partial charge in [0.15, 0.2) is 15.9 Å². The van der Waals surface area contributed by atoms with Crippen LogP contribution in [0.2, 0.25) is 0 Å². The van der Waals surface area contributed by atoms with Crippen LogP contribution < -0.4 is 5.73 Å². The largest absolute Gasteiger partial charge is 0.375 e. The predicted octanol–water partition coefficient (Wildman–Crippen LogP) is 3.66. The van der Waals surface area contributed by atoms with E-state index in [4.69, 9.17) is 5.73 Å². The summed E-state index contributed by atoms with van der Waals surface area (Å²) in [6, 6.07) is 6.55. The summed E-state index contributed by atoms with van der Waals surface area (Å²) in [6.45, 7) is 1.99. The molecule has 0 bridgehead atoms. The summed E-state index contributed by atoms with van der Waals surface area (Å²) in [4.78, 5) is 12.8. The quantitative estimate of drug-likeness (QED) is 0.591. The normalized spacial score (nSPS) is 12.7. The maximum atomic E-state index is 13.2. The molecule has 7 heteroatoms. The van der Waals surface area contributed by atoms with Crippen molar-refractivity contribution in [3.63, 3.8) is 0 Å². The summed E-state index contributed by atoms with van der Waals surface area (Å²) in [5, 5.41) is 1.15. The van der Waals surface area contributed by atoms with Gasteiger partial charge >= 0.3 is 0 Å². The lowest BCUT2D eigenvalue weighted by atomic mass is 10.2. The number of nitrogen functional groups attached to an aromatic ring is 1. The van der Waals surface area contributed by atoms with Gasteiger partial charge in [-0.3, -0.25) is 0 Å². The van der Waals surface area contributed by atoms with Crippen molar-refractivity contribution in [2.45, 2.75) is 17.3 Å². The summed E-state index contributed by atoms with van der Waals surface area (Å²) >= 11 is 2.83. The molecule has 3 aromatic rings. The van der Waals surface area contributed by atoms with Gasteiger partial charge in [0.2, 0.25) is 0 Å². The topological polar surface area (TPSA) is 64.7 Å². The van der Waals surface area contributed by atoms with E-state index in [2.05, 4.69) is 15.0 Å². The van der Waals surface area contributed by atoms with Gasteiger partial charge in [-0.05, 0) is 24.6 Å². The van der Waals surface area contributed by atoms with Crippen molar-refractivity contribution in [3.8, 4) is 0 Å². The first kappa shape index (κ1) is 13.3. The molecule has 0 radical (unpaired) electrons. The van der Waals surface area contributed by atoms with Crippen LogP contribution in [-0.2, 0) is 0 Å². The number of aromatic nitrogens is 3. The third-order valence-corrected chi connectivity index (χ3v) is 4.59. The van der Waals surface area contributed by atoms with Crippen molar-refractivity contribution in [3.05, 3.63) is 41.8 Å². The number of anilines is 1. The van der Waals surface area contributed by atoms with E-state index in [0.717, 1.165) is 10.3 Å². The Bertz CT molecular complexity index is 759. The summed E-state index contributed by atoms with van der Waals surface area (Å²) in [6.07, 6.45) is 1.72. The first-order chi connectivity index (χ1) is 9.61. The molecule has 0 aliphatic rings. The van der Waals surface area contributed by atoms with Gasteiger partial charge < -0.3 is 5.73 Å². The van der Waals surface area contributed by atoms with E-state index < -0.39 is 0 Å². The lowest BCUT2D eigenvalue weighted by molar-refractivity contribution is 0.625. The fourth-order valence-corrected chi connectivity index (χ4v) is 3.28. The zero-order valence-electron chi connectivity index (χ0n) is 10.6. The summed E-state index contributed by atoms with van der Waals surface area (Å²) in [5.41, 5.74) is 7.15. The molecule has 4 nitrogen and oxygen atoms in total. The Morgan fingerprint density at radius 3 is 3.00 bits per heavy atom. The molecule has 0 saturated carbocycles. The molecular weight excluding hydrogens is 295 g/mol. The average molecular weight is 306 g/mol. The first-order valence-corrected chi connectivity index (χ1v) is 7.62. The van der Waals surface area contributed by atoms with E-state index in [1.54, 1.807) is 12.3 Å². The molecule has 0 unspecified atom stereocenters. The number of nitrogens with two attached hydrogens (primary N) is 1. The first-order valence-electron chi connectivity index (χ1n) is 5.93. The number of thiazole rings is 1. The van der Waals surface area contributed by atoms with Crippen LogP contribution in [0, 0.1) is 5.82 Å². The van der Waals surface area contributed by atoms with E-state index in [9.17, 15) is 4.39 Å². The second kappa shape index (κ2) is 5.34. The molecule has 102 valence electrons. The fourth-order valence-electron chi connectivity index (χ4n) is 1.78. The zero-order valence-corrected chi connectivity index (χ0v) is 12.2. The number of halogens is 1. The van der Waals surface area contributed by atoms with Crippen molar-refractivity contribution < 1.29 is 4.39 Å². The van der Waals surface area contributed by atoms with Crippen LogP contribution >= 0.6 is 23.1 Å². The average Bonchev–Trinajstić information content (AvgIpc) is 2.78. The predicted molar refractivity (Wildman–Crippen MR) is 80.3 cm³/mol. The van der Waals surface area contributed by atoms with E-state index in [0.29, 0.717) is 15.9 Å². The number of nitrogens with zero attached hydrogens (tertiary/aromatic N) is 3. The molecule has 0 amide bonds. The van der Waals surface area contributed by atoms with Crippen LogP contribution in [0.25, 0.3) is 10.3 Å². The van der Waals surface area contributed by atoms with E-state index in [1.165, 1.54) is 35.2 Å². The monoisotopic (exact) mass is 306 g/mol. The van der Waals surface area contributed by atoms with Gasteiger partial charge in [0.1, 0.15) is 5.82 Å². The third kappa shape index (κ3) is 2.73. The molecule has 0 aliphatic heterocycles. The SMILES string of the molecule is C[C@H](Sc1ncc2sc(N)nc2n1)c1cccc(F)c1. The molecule has 1 atom stereocenters. The molecule has 1 aromatic carbocycles. The van der Waals surface area contributed by atoms with Crippen LogP contribution in [0.1, 0.15) is 17.7 Å².